The van der Waals surface area contributed by atoms with Crippen molar-refractivity contribution in [1.29, 1.82) is 0 Å². The predicted molar refractivity (Wildman–Crippen MR) is 86.7 cm³/mol. The molecule has 0 radical (unpaired) electrons. The molecule has 0 fully saturated rings. The third kappa shape index (κ3) is 3.36. The summed E-state index contributed by atoms with van der Waals surface area (Å²) in [5.74, 6) is 1.32. The van der Waals surface area contributed by atoms with Gasteiger partial charge in [0.25, 0.3) is 5.91 Å². The second-order valence-corrected chi connectivity index (χ2v) is 5.72. The molecule has 0 aromatic carbocycles. The van der Waals surface area contributed by atoms with E-state index in [2.05, 4.69) is 15.3 Å². The fourth-order valence-electron chi connectivity index (χ4n) is 2.24. The summed E-state index contributed by atoms with van der Waals surface area (Å²) in [6.45, 7) is 3.39. The number of hydrogen-bond acceptors (Lipinski definition) is 5. The highest BCUT2D eigenvalue weighted by molar-refractivity contribution is 5.92. The van der Waals surface area contributed by atoms with Crippen molar-refractivity contribution in [3.63, 3.8) is 0 Å². The van der Waals surface area contributed by atoms with E-state index >= 15 is 0 Å². The van der Waals surface area contributed by atoms with Gasteiger partial charge >= 0.3 is 0 Å². The predicted octanol–water partition coefficient (Wildman–Crippen LogP) is 1.81. The van der Waals surface area contributed by atoms with Crippen LogP contribution in [0, 0.1) is 6.92 Å². The summed E-state index contributed by atoms with van der Waals surface area (Å²) in [5, 5.41) is 13.1. The second-order valence-electron chi connectivity index (χ2n) is 5.72. The average molecular weight is 326 g/mol. The van der Waals surface area contributed by atoms with Crippen LogP contribution in [0.3, 0.4) is 0 Å². The Labute approximate surface area is 139 Å². The van der Waals surface area contributed by atoms with Gasteiger partial charge in [-0.15, -0.1) is 0 Å². The van der Waals surface area contributed by atoms with E-state index in [-0.39, 0.29) is 18.1 Å². The normalized spacial score (nSPS) is 13.5. The first kappa shape index (κ1) is 15.9. The zero-order valence-corrected chi connectivity index (χ0v) is 13.4. The summed E-state index contributed by atoms with van der Waals surface area (Å²) in [7, 11) is 0. The summed E-state index contributed by atoms with van der Waals surface area (Å²) in [4.78, 5) is 20.6. The molecule has 0 aliphatic carbocycles. The second kappa shape index (κ2) is 6.29. The van der Waals surface area contributed by atoms with Crippen molar-refractivity contribution in [2.45, 2.75) is 19.4 Å². The highest BCUT2D eigenvalue weighted by atomic mass is 16.4. The third-order valence-corrected chi connectivity index (χ3v) is 3.60. The number of imidazole rings is 1. The first-order chi connectivity index (χ1) is 11.5. The number of amides is 1. The van der Waals surface area contributed by atoms with Crippen LogP contribution in [0.1, 0.15) is 28.9 Å². The Morgan fingerprint density at radius 2 is 2.21 bits per heavy atom. The number of aliphatic hydroxyl groups is 1. The van der Waals surface area contributed by atoms with Crippen LogP contribution in [0.25, 0.3) is 5.82 Å². The maximum atomic E-state index is 12.3. The standard InChI is InChI=1S/C17H18N4O3/c1-12-6-7-14(24-12)17(2,23)10-19-16(22)13-4-3-5-15(20-13)21-9-8-18-11-21/h3-9,11,23H,10H2,1-2H3,(H,19,22). The van der Waals surface area contributed by atoms with Crippen molar-refractivity contribution < 1.29 is 14.3 Å². The van der Waals surface area contributed by atoms with Gasteiger partial charge in [0, 0.05) is 12.4 Å². The van der Waals surface area contributed by atoms with Gasteiger partial charge in [-0.3, -0.25) is 9.36 Å². The van der Waals surface area contributed by atoms with Crippen molar-refractivity contribution in [2.75, 3.05) is 6.54 Å². The van der Waals surface area contributed by atoms with Gasteiger partial charge in [-0.2, -0.15) is 0 Å². The van der Waals surface area contributed by atoms with E-state index in [9.17, 15) is 9.90 Å². The molecule has 1 unspecified atom stereocenters. The van der Waals surface area contributed by atoms with Crippen LogP contribution in [-0.2, 0) is 5.60 Å². The molecule has 3 aromatic heterocycles. The van der Waals surface area contributed by atoms with Crippen molar-refractivity contribution in [1.82, 2.24) is 19.9 Å². The van der Waals surface area contributed by atoms with Gasteiger partial charge in [-0.05, 0) is 38.1 Å². The molecule has 0 saturated carbocycles. The Balaban J connectivity index is 1.70. The van der Waals surface area contributed by atoms with Crippen LogP contribution in [0.5, 0.6) is 0 Å². The lowest BCUT2D eigenvalue weighted by Gasteiger charge is -2.21. The molecular weight excluding hydrogens is 308 g/mol. The summed E-state index contributed by atoms with van der Waals surface area (Å²) >= 11 is 0. The Kier molecular flexibility index (Phi) is 4.18. The Morgan fingerprint density at radius 1 is 1.38 bits per heavy atom. The van der Waals surface area contributed by atoms with Crippen LogP contribution in [-0.4, -0.2) is 32.1 Å². The number of nitrogens with one attached hydrogen (secondary N) is 1. The van der Waals surface area contributed by atoms with Crippen LogP contribution < -0.4 is 5.32 Å². The minimum Gasteiger partial charge on any atom is -0.463 e. The SMILES string of the molecule is Cc1ccc(C(C)(O)CNC(=O)c2cccc(-n3ccnc3)n2)o1. The first-order valence-electron chi connectivity index (χ1n) is 7.48. The lowest BCUT2D eigenvalue weighted by atomic mass is 10.0. The Hall–Kier alpha value is -2.93. The van der Waals surface area contributed by atoms with Crippen LogP contribution in [0.2, 0.25) is 0 Å². The smallest absolute Gasteiger partial charge is 0.270 e. The van der Waals surface area contributed by atoms with Gasteiger partial charge in [0.2, 0.25) is 0 Å². The molecule has 3 rings (SSSR count). The van der Waals surface area contributed by atoms with Crippen molar-refractivity contribution >= 4 is 5.91 Å². The van der Waals surface area contributed by atoms with Gasteiger partial charge < -0.3 is 14.8 Å². The molecule has 1 atom stereocenters. The van der Waals surface area contributed by atoms with Crippen molar-refractivity contribution in [3.05, 3.63) is 66.3 Å². The third-order valence-electron chi connectivity index (χ3n) is 3.60. The highest BCUT2D eigenvalue weighted by Gasteiger charge is 2.27. The molecule has 0 aliphatic heterocycles. The lowest BCUT2D eigenvalue weighted by molar-refractivity contribution is 0.0322. The van der Waals surface area contributed by atoms with E-state index < -0.39 is 5.60 Å². The molecule has 2 N–H and O–H groups in total. The van der Waals surface area contributed by atoms with Gasteiger partial charge in [-0.1, -0.05) is 6.07 Å². The number of hydrogen-bond donors (Lipinski definition) is 2. The van der Waals surface area contributed by atoms with Gasteiger partial charge in [0.05, 0.1) is 6.54 Å². The molecule has 7 nitrogen and oxygen atoms in total. The van der Waals surface area contributed by atoms with E-state index in [0.717, 1.165) is 0 Å². The topological polar surface area (TPSA) is 93.2 Å². The summed E-state index contributed by atoms with van der Waals surface area (Å²) in [6.07, 6.45) is 4.99. The van der Waals surface area contributed by atoms with Crippen LogP contribution in [0.4, 0.5) is 0 Å². The van der Waals surface area contributed by atoms with E-state index in [1.807, 2.05) is 0 Å². The molecule has 0 aliphatic rings. The van der Waals surface area contributed by atoms with Gasteiger partial charge in [0.1, 0.15) is 35.0 Å². The zero-order chi connectivity index (χ0) is 17.2. The van der Waals surface area contributed by atoms with E-state index in [0.29, 0.717) is 17.3 Å². The Morgan fingerprint density at radius 3 is 2.88 bits per heavy atom. The summed E-state index contributed by atoms with van der Waals surface area (Å²) in [6, 6.07) is 8.59. The maximum absolute atomic E-state index is 12.3. The van der Waals surface area contributed by atoms with Crippen molar-refractivity contribution in [3.8, 4) is 5.82 Å². The average Bonchev–Trinajstić information content (AvgIpc) is 3.24. The number of rotatable bonds is 5. The molecule has 1 amide bonds. The van der Waals surface area contributed by atoms with Crippen molar-refractivity contribution in [2.24, 2.45) is 0 Å². The lowest BCUT2D eigenvalue weighted by Crippen LogP contribution is -2.38. The van der Waals surface area contributed by atoms with Gasteiger partial charge in [-0.25, -0.2) is 9.97 Å². The number of carbonyl (C=O) groups is 1. The number of furan rings is 1. The monoisotopic (exact) mass is 326 g/mol. The van der Waals surface area contributed by atoms with Gasteiger partial charge in [0.15, 0.2) is 0 Å². The maximum Gasteiger partial charge on any atom is 0.270 e. The molecular formula is C17H18N4O3. The summed E-state index contributed by atoms with van der Waals surface area (Å²) in [5.41, 5.74) is -1.04. The van der Waals surface area contributed by atoms with Crippen LogP contribution in [0.15, 0.2) is 53.5 Å². The van der Waals surface area contributed by atoms with E-state index in [1.165, 1.54) is 0 Å². The van der Waals surface area contributed by atoms with Crippen LogP contribution >= 0.6 is 0 Å². The molecule has 0 bridgehead atoms. The molecule has 24 heavy (non-hydrogen) atoms. The van der Waals surface area contributed by atoms with E-state index in [4.69, 9.17) is 4.42 Å². The molecule has 124 valence electrons. The molecule has 3 heterocycles. The quantitative estimate of drug-likeness (QED) is 0.746. The minimum atomic E-state index is -1.30. The number of pyridine rings is 1. The molecule has 0 saturated heterocycles. The number of aryl methyl sites for hydroxylation is 1. The fraction of sp³-hybridized carbons (Fsp3) is 0.235. The highest BCUT2D eigenvalue weighted by Crippen LogP contribution is 2.22. The molecule has 3 aromatic rings. The largest absolute Gasteiger partial charge is 0.463 e. The molecule has 0 spiro atoms. The summed E-state index contributed by atoms with van der Waals surface area (Å²) < 4.78 is 7.13. The Bertz CT molecular complexity index is 837. The minimum absolute atomic E-state index is 0.00969. The number of aromatic nitrogens is 3. The van der Waals surface area contributed by atoms with E-state index in [1.54, 1.807) is 67.5 Å². The zero-order valence-electron chi connectivity index (χ0n) is 13.4. The fourth-order valence-corrected chi connectivity index (χ4v) is 2.24. The number of carbonyl (C=O) groups excluding carboxylic acids is 1. The first-order valence-corrected chi connectivity index (χ1v) is 7.48. The number of nitrogens with zero attached hydrogens (tertiary/aromatic N) is 3. The molecule has 7 heteroatoms.